The van der Waals surface area contributed by atoms with Gasteiger partial charge in [-0.1, -0.05) is 11.6 Å². The van der Waals surface area contributed by atoms with Gasteiger partial charge in [-0.3, -0.25) is 0 Å². The molecule has 1 aliphatic heterocycles. The molecular formula is C26H30ClN5O4. The van der Waals surface area contributed by atoms with Gasteiger partial charge in [-0.15, -0.1) is 0 Å². The van der Waals surface area contributed by atoms with Crippen molar-refractivity contribution in [2.75, 3.05) is 38.7 Å². The van der Waals surface area contributed by atoms with Crippen LogP contribution >= 0.6 is 11.6 Å². The lowest BCUT2D eigenvalue weighted by Gasteiger charge is -2.16. The van der Waals surface area contributed by atoms with E-state index >= 15 is 0 Å². The number of hydrogen-bond acceptors (Lipinski definition) is 7. The molecule has 0 atom stereocenters. The minimum absolute atomic E-state index is 0.260. The van der Waals surface area contributed by atoms with Gasteiger partial charge in [0.15, 0.2) is 11.5 Å². The van der Waals surface area contributed by atoms with E-state index in [1.165, 1.54) is 32.3 Å². The Morgan fingerprint density at radius 2 is 1.97 bits per heavy atom. The van der Waals surface area contributed by atoms with Crippen LogP contribution in [0, 0.1) is 0 Å². The molecule has 0 radical (unpaired) electrons. The van der Waals surface area contributed by atoms with E-state index in [4.69, 9.17) is 25.8 Å². The number of likely N-dealkylation sites (tertiary alicyclic amines) is 1. The van der Waals surface area contributed by atoms with Crippen molar-refractivity contribution in [2.24, 2.45) is 0 Å². The molecule has 0 unspecified atom stereocenters. The molecule has 2 heterocycles. The lowest BCUT2D eigenvalue weighted by atomic mass is 10.2. The van der Waals surface area contributed by atoms with Crippen LogP contribution in [0.3, 0.4) is 0 Å². The highest BCUT2D eigenvalue weighted by Gasteiger charge is 2.23. The monoisotopic (exact) mass is 511 g/mol. The number of hydrogen-bond donors (Lipinski definition) is 2. The Kier molecular flexibility index (Phi) is 7.58. The van der Waals surface area contributed by atoms with E-state index in [0.29, 0.717) is 51.3 Å². The van der Waals surface area contributed by atoms with Gasteiger partial charge in [-0.05, 0) is 63.4 Å². The molecule has 5 rings (SSSR count). The van der Waals surface area contributed by atoms with E-state index in [-0.39, 0.29) is 12.1 Å². The Balaban J connectivity index is 1.27. The van der Waals surface area contributed by atoms with Gasteiger partial charge in [0.1, 0.15) is 12.1 Å². The third kappa shape index (κ3) is 6.09. The number of fused-ring (bicyclic) bond motifs is 1. The lowest BCUT2D eigenvalue weighted by molar-refractivity contribution is 0.251. The standard InChI is InChI=1S/C26H30ClN5O4/c1-34-23-14-19-22(15-24(23)35-12-4-11-32-9-2-3-10-32)28-16-29-25(19)36-18-7-8-21(20(27)13-18)31-26(33)30-17-5-6-17/h7-8,13-17H,2-6,9-12H2,1H3,(H2,30,31,33). The Hall–Kier alpha value is -3.30. The summed E-state index contributed by atoms with van der Waals surface area (Å²) in [7, 11) is 1.60. The summed E-state index contributed by atoms with van der Waals surface area (Å²) in [6.07, 6.45) is 6.99. The summed E-state index contributed by atoms with van der Waals surface area (Å²) in [5.41, 5.74) is 1.18. The van der Waals surface area contributed by atoms with Gasteiger partial charge in [0.2, 0.25) is 5.88 Å². The topological polar surface area (TPSA) is 97.8 Å². The van der Waals surface area contributed by atoms with Crippen LogP contribution in [0.2, 0.25) is 5.02 Å². The zero-order valence-electron chi connectivity index (χ0n) is 20.3. The minimum atomic E-state index is -0.268. The van der Waals surface area contributed by atoms with Crippen LogP contribution in [0.5, 0.6) is 23.1 Å². The van der Waals surface area contributed by atoms with E-state index < -0.39 is 0 Å². The summed E-state index contributed by atoms with van der Waals surface area (Å²) in [6, 6.07) is 8.71. The number of carbonyl (C=O) groups excluding carboxylic acids is 1. The molecule has 2 aromatic carbocycles. The van der Waals surface area contributed by atoms with E-state index in [0.717, 1.165) is 25.8 Å². The SMILES string of the molecule is COc1cc2c(Oc3ccc(NC(=O)NC4CC4)c(Cl)c3)ncnc2cc1OCCCN1CCCC1. The van der Waals surface area contributed by atoms with Gasteiger partial charge >= 0.3 is 6.03 Å². The average Bonchev–Trinajstić information content (AvgIpc) is 3.53. The van der Waals surface area contributed by atoms with Gasteiger partial charge in [0, 0.05) is 24.7 Å². The van der Waals surface area contributed by atoms with Crippen molar-refractivity contribution in [1.29, 1.82) is 0 Å². The molecule has 10 heteroatoms. The van der Waals surface area contributed by atoms with E-state index in [9.17, 15) is 4.79 Å². The highest BCUT2D eigenvalue weighted by atomic mass is 35.5. The second-order valence-corrected chi connectivity index (χ2v) is 9.47. The van der Waals surface area contributed by atoms with E-state index in [2.05, 4.69) is 25.5 Å². The fourth-order valence-electron chi connectivity index (χ4n) is 4.21. The fraction of sp³-hybridized carbons (Fsp3) is 0.423. The van der Waals surface area contributed by atoms with Crippen molar-refractivity contribution in [1.82, 2.24) is 20.2 Å². The maximum absolute atomic E-state index is 12.0. The van der Waals surface area contributed by atoms with Crippen LogP contribution < -0.4 is 24.8 Å². The molecule has 1 saturated heterocycles. The number of ether oxygens (including phenoxy) is 3. The molecule has 3 aromatic rings. The normalized spacial score (nSPS) is 15.6. The van der Waals surface area contributed by atoms with Crippen molar-refractivity contribution in [3.8, 4) is 23.1 Å². The number of rotatable bonds is 10. The van der Waals surface area contributed by atoms with Crippen LogP contribution in [-0.2, 0) is 0 Å². The second-order valence-electron chi connectivity index (χ2n) is 9.07. The first-order chi connectivity index (χ1) is 17.6. The molecule has 0 bridgehead atoms. The van der Waals surface area contributed by atoms with Crippen molar-refractivity contribution < 1.29 is 19.0 Å². The summed E-state index contributed by atoms with van der Waals surface area (Å²) in [4.78, 5) is 23.2. The van der Waals surface area contributed by atoms with Crippen LogP contribution in [0.1, 0.15) is 32.1 Å². The number of nitrogens with one attached hydrogen (secondary N) is 2. The highest BCUT2D eigenvalue weighted by Crippen LogP contribution is 2.37. The minimum Gasteiger partial charge on any atom is -0.493 e. The molecule has 1 saturated carbocycles. The Bertz CT molecular complexity index is 1230. The predicted octanol–water partition coefficient (Wildman–Crippen LogP) is 5.23. The number of benzene rings is 2. The Morgan fingerprint density at radius 1 is 1.14 bits per heavy atom. The maximum atomic E-state index is 12.0. The maximum Gasteiger partial charge on any atom is 0.319 e. The van der Waals surface area contributed by atoms with E-state index in [1.54, 1.807) is 25.3 Å². The molecular weight excluding hydrogens is 482 g/mol. The summed E-state index contributed by atoms with van der Waals surface area (Å²) >= 11 is 6.39. The lowest BCUT2D eigenvalue weighted by Crippen LogP contribution is -2.30. The first-order valence-corrected chi connectivity index (χ1v) is 12.7. The summed E-state index contributed by atoms with van der Waals surface area (Å²) in [5.74, 6) is 2.07. The average molecular weight is 512 g/mol. The first kappa shape index (κ1) is 24.4. The van der Waals surface area contributed by atoms with Gasteiger partial charge in [0.05, 0.1) is 35.3 Å². The van der Waals surface area contributed by atoms with Gasteiger partial charge < -0.3 is 29.7 Å². The molecule has 2 amide bonds. The molecule has 1 aliphatic carbocycles. The number of aromatic nitrogens is 2. The molecule has 1 aromatic heterocycles. The third-order valence-electron chi connectivity index (χ3n) is 6.27. The smallest absolute Gasteiger partial charge is 0.319 e. The van der Waals surface area contributed by atoms with Gasteiger partial charge in [0.25, 0.3) is 0 Å². The number of urea groups is 1. The van der Waals surface area contributed by atoms with Crippen LogP contribution in [-0.4, -0.2) is 60.3 Å². The number of amides is 2. The summed E-state index contributed by atoms with van der Waals surface area (Å²) < 4.78 is 17.6. The van der Waals surface area contributed by atoms with Gasteiger partial charge in [-0.25, -0.2) is 14.8 Å². The van der Waals surface area contributed by atoms with Crippen LogP contribution in [0.25, 0.3) is 10.9 Å². The second kappa shape index (κ2) is 11.2. The molecule has 190 valence electrons. The molecule has 36 heavy (non-hydrogen) atoms. The fourth-order valence-corrected chi connectivity index (χ4v) is 4.43. The van der Waals surface area contributed by atoms with Crippen molar-refractivity contribution >= 4 is 34.2 Å². The number of methoxy groups -OCH3 is 1. The van der Waals surface area contributed by atoms with Crippen molar-refractivity contribution in [2.45, 2.75) is 38.1 Å². The van der Waals surface area contributed by atoms with Crippen LogP contribution in [0.4, 0.5) is 10.5 Å². The molecule has 9 nitrogen and oxygen atoms in total. The van der Waals surface area contributed by atoms with Gasteiger partial charge in [-0.2, -0.15) is 0 Å². The molecule has 2 N–H and O–H groups in total. The summed E-state index contributed by atoms with van der Waals surface area (Å²) in [5, 5.41) is 6.67. The zero-order chi connectivity index (χ0) is 24.9. The largest absolute Gasteiger partial charge is 0.493 e. The van der Waals surface area contributed by atoms with Crippen molar-refractivity contribution in [3.63, 3.8) is 0 Å². The highest BCUT2D eigenvalue weighted by molar-refractivity contribution is 6.33. The summed E-state index contributed by atoms with van der Waals surface area (Å²) in [6.45, 7) is 4.00. The first-order valence-electron chi connectivity index (χ1n) is 12.3. The number of anilines is 1. The molecule has 0 spiro atoms. The predicted molar refractivity (Wildman–Crippen MR) is 139 cm³/mol. The zero-order valence-corrected chi connectivity index (χ0v) is 21.0. The van der Waals surface area contributed by atoms with Crippen LogP contribution in [0.15, 0.2) is 36.7 Å². The number of nitrogens with zero attached hydrogens (tertiary/aromatic N) is 3. The van der Waals surface area contributed by atoms with Crippen molar-refractivity contribution in [3.05, 3.63) is 41.7 Å². The number of carbonyl (C=O) groups is 1. The molecule has 2 aliphatic rings. The number of halogens is 1. The molecule has 2 fully saturated rings. The quantitative estimate of drug-likeness (QED) is 0.359. The Labute approximate surface area is 215 Å². The Morgan fingerprint density at radius 3 is 2.72 bits per heavy atom. The van der Waals surface area contributed by atoms with E-state index in [1.807, 2.05) is 12.1 Å². The third-order valence-corrected chi connectivity index (χ3v) is 6.59.